The molecule has 1 atom stereocenters. The van der Waals surface area contributed by atoms with E-state index in [1.165, 1.54) is 0 Å². The highest BCUT2D eigenvalue weighted by molar-refractivity contribution is 5.79. The number of carbonyl (C=O) groups excluding carboxylic acids is 1. The smallest absolute Gasteiger partial charge is 0.335 e. The first kappa shape index (κ1) is 14.0. The summed E-state index contributed by atoms with van der Waals surface area (Å²) in [6, 6.07) is 6.30. The number of nitrogens with one attached hydrogen (secondary N) is 1. The number of nitro groups is 1. The van der Waals surface area contributed by atoms with E-state index in [-0.39, 0.29) is 6.61 Å². The van der Waals surface area contributed by atoms with Crippen LogP contribution in [-0.2, 0) is 9.53 Å². The van der Waals surface area contributed by atoms with Gasteiger partial charge in [-0.05, 0) is 31.5 Å². The quantitative estimate of drug-likeness (QED) is 0.472. The van der Waals surface area contributed by atoms with Crippen molar-refractivity contribution >= 4 is 11.7 Å². The highest BCUT2D eigenvalue weighted by atomic mass is 16.6. The lowest BCUT2D eigenvalue weighted by molar-refractivity contribution is -0.480. The van der Waals surface area contributed by atoms with Crippen molar-refractivity contribution in [3.8, 4) is 0 Å². The van der Waals surface area contributed by atoms with E-state index in [1.807, 2.05) is 25.1 Å². The lowest BCUT2D eigenvalue weighted by Crippen LogP contribution is -2.37. The van der Waals surface area contributed by atoms with Crippen LogP contribution in [0.1, 0.15) is 12.5 Å². The van der Waals surface area contributed by atoms with Gasteiger partial charge in [0.05, 0.1) is 6.61 Å². The number of hydrogen-bond donors (Lipinski definition) is 1. The lowest BCUT2D eigenvalue weighted by atomic mass is 10.2. The van der Waals surface area contributed by atoms with E-state index in [2.05, 4.69) is 5.32 Å². The van der Waals surface area contributed by atoms with Crippen molar-refractivity contribution in [2.75, 3.05) is 18.5 Å². The summed E-state index contributed by atoms with van der Waals surface area (Å²) in [5.41, 5.74) is 1.67. The van der Waals surface area contributed by atoms with Gasteiger partial charge in [-0.1, -0.05) is 12.1 Å². The van der Waals surface area contributed by atoms with E-state index < -0.39 is 23.5 Å². The molecule has 1 N–H and O–H groups in total. The zero-order chi connectivity index (χ0) is 13.5. The molecule has 18 heavy (non-hydrogen) atoms. The molecule has 1 rings (SSSR count). The minimum absolute atomic E-state index is 0.197. The number of aryl methyl sites for hydroxylation is 1. The van der Waals surface area contributed by atoms with Crippen molar-refractivity contribution in [2.24, 2.45) is 0 Å². The van der Waals surface area contributed by atoms with Gasteiger partial charge in [0, 0.05) is 10.6 Å². The van der Waals surface area contributed by atoms with Gasteiger partial charge in [0.1, 0.15) is 0 Å². The zero-order valence-corrected chi connectivity index (χ0v) is 10.4. The monoisotopic (exact) mass is 252 g/mol. The molecule has 0 aliphatic carbocycles. The van der Waals surface area contributed by atoms with E-state index in [0.717, 1.165) is 5.56 Å². The molecule has 0 fully saturated rings. The molecule has 0 amide bonds. The highest BCUT2D eigenvalue weighted by Gasteiger charge is 2.25. The summed E-state index contributed by atoms with van der Waals surface area (Å²) in [4.78, 5) is 21.6. The van der Waals surface area contributed by atoms with Crippen LogP contribution in [0.2, 0.25) is 0 Å². The van der Waals surface area contributed by atoms with Gasteiger partial charge < -0.3 is 10.1 Å². The maximum atomic E-state index is 11.6. The molecule has 98 valence electrons. The summed E-state index contributed by atoms with van der Waals surface area (Å²) in [5, 5.41) is 13.4. The third-order valence-electron chi connectivity index (χ3n) is 2.26. The third kappa shape index (κ3) is 4.40. The Hall–Kier alpha value is -2.11. The Balaban J connectivity index is 2.77. The molecule has 6 nitrogen and oxygen atoms in total. The van der Waals surface area contributed by atoms with E-state index in [1.54, 1.807) is 13.0 Å². The van der Waals surface area contributed by atoms with Gasteiger partial charge in [-0.25, -0.2) is 4.79 Å². The van der Waals surface area contributed by atoms with Crippen LogP contribution in [0.15, 0.2) is 24.3 Å². The fourth-order valence-corrected chi connectivity index (χ4v) is 1.51. The van der Waals surface area contributed by atoms with E-state index in [4.69, 9.17) is 4.74 Å². The minimum Gasteiger partial charge on any atom is -0.464 e. The van der Waals surface area contributed by atoms with Crippen LogP contribution < -0.4 is 5.32 Å². The second kappa shape index (κ2) is 6.58. The number of esters is 1. The standard InChI is InChI=1S/C12H16N2O4/c1-3-18-12(15)11(8-14(16)17)13-10-6-4-5-9(2)7-10/h4-7,11,13H,3,8H2,1-2H3. The number of ether oxygens (including phenoxy) is 1. The molecule has 0 saturated heterocycles. The fraction of sp³-hybridized carbons (Fsp3) is 0.417. The summed E-state index contributed by atoms with van der Waals surface area (Å²) in [6.45, 7) is 3.25. The second-order valence-corrected chi connectivity index (χ2v) is 3.83. The average Bonchev–Trinajstić information content (AvgIpc) is 2.28. The average molecular weight is 252 g/mol. The van der Waals surface area contributed by atoms with Crippen LogP contribution in [0.25, 0.3) is 0 Å². The molecule has 0 saturated carbocycles. The first-order valence-corrected chi connectivity index (χ1v) is 5.64. The SMILES string of the molecule is CCOC(=O)C(C[N+](=O)[O-])Nc1cccc(C)c1. The number of anilines is 1. The van der Waals surface area contributed by atoms with E-state index in [9.17, 15) is 14.9 Å². The van der Waals surface area contributed by atoms with Gasteiger partial charge in [-0.3, -0.25) is 10.1 Å². The number of hydrogen-bond acceptors (Lipinski definition) is 5. The number of carbonyl (C=O) groups is 1. The molecular formula is C12H16N2O4. The summed E-state index contributed by atoms with van der Waals surface area (Å²) >= 11 is 0. The summed E-state index contributed by atoms with van der Waals surface area (Å²) in [6.07, 6.45) is 0. The molecule has 0 heterocycles. The molecule has 0 aliphatic heterocycles. The first-order valence-electron chi connectivity index (χ1n) is 5.64. The van der Waals surface area contributed by atoms with Gasteiger partial charge in [-0.15, -0.1) is 0 Å². The van der Waals surface area contributed by atoms with Crippen LogP contribution in [0.5, 0.6) is 0 Å². The molecule has 6 heteroatoms. The molecular weight excluding hydrogens is 236 g/mol. The Morgan fingerprint density at radius 1 is 1.56 bits per heavy atom. The number of benzene rings is 1. The molecule has 0 radical (unpaired) electrons. The van der Waals surface area contributed by atoms with Crippen LogP contribution in [0.3, 0.4) is 0 Å². The molecule has 0 aliphatic rings. The maximum Gasteiger partial charge on any atom is 0.335 e. The largest absolute Gasteiger partial charge is 0.464 e. The Kier molecular flexibility index (Phi) is 5.10. The third-order valence-corrected chi connectivity index (χ3v) is 2.26. The van der Waals surface area contributed by atoms with Gasteiger partial charge in [0.15, 0.2) is 6.04 Å². The van der Waals surface area contributed by atoms with Crippen molar-refractivity contribution in [3.63, 3.8) is 0 Å². The molecule has 0 aromatic heterocycles. The van der Waals surface area contributed by atoms with Gasteiger partial charge in [0.25, 0.3) is 0 Å². The predicted octanol–water partition coefficient (Wildman–Crippen LogP) is 1.62. The van der Waals surface area contributed by atoms with E-state index in [0.29, 0.717) is 5.69 Å². The summed E-state index contributed by atoms with van der Waals surface area (Å²) in [5.74, 6) is -0.615. The number of rotatable bonds is 6. The normalized spacial score (nSPS) is 11.7. The lowest BCUT2D eigenvalue weighted by Gasteiger charge is -2.15. The molecule has 1 aromatic carbocycles. The fourth-order valence-electron chi connectivity index (χ4n) is 1.51. The molecule has 0 spiro atoms. The predicted molar refractivity (Wildman–Crippen MR) is 67.1 cm³/mol. The molecule has 1 unspecified atom stereocenters. The first-order chi connectivity index (χ1) is 8.52. The summed E-state index contributed by atoms with van der Waals surface area (Å²) < 4.78 is 4.80. The zero-order valence-electron chi connectivity index (χ0n) is 10.4. The summed E-state index contributed by atoms with van der Waals surface area (Å²) in [7, 11) is 0. The van der Waals surface area contributed by atoms with Crippen LogP contribution in [0.4, 0.5) is 5.69 Å². The van der Waals surface area contributed by atoms with Crippen molar-refractivity contribution in [2.45, 2.75) is 19.9 Å². The van der Waals surface area contributed by atoms with Gasteiger partial charge in [0.2, 0.25) is 6.54 Å². The van der Waals surface area contributed by atoms with Gasteiger partial charge >= 0.3 is 5.97 Å². The van der Waals surface area contributed by atoms with E-state index >= 15 is 0 Å². The van der Waals surface area contributed by atoms with Crippen LogP contribution >= 0.6 is 0 Å². The Bertz CT molecular complexity index is 434. The van der Waals surface area contributed by atoms with Crippen LogP contribution in [-0.4, -0.2) is 30.1 Å². The highest BCUT2D eigenvalue weighted by Crippen LogP contribution is 2.11. The Morgan fingerprint density at radius 2 is 2.28 bits per heavy atom. The van der Waals surface area contributed by atoms with Crippen molar-refractivity contribution < 1.29 is 14.5 Å². The van der Waals surface area contributed by atoms with Crippen LogP contribution in [0, 0.1) is 17.0 Å². The number of nitrogens with zero attached hydrogens (tertiary/aromatic N) is 1. The van der Waals surface area contributed by atoms with Crippen molar-refractivity contribution in [1.82, 2.24) is 0 Å². The van der Waals surface area contributed by atoms with Crippen molar-refractivity contribution in [1.29, 1.82) is 0 Å². The van der Waals surface area contributed by atoms with Crippen molar-refractivity contribution in [3.05, 3.63) is 39.9 Å². The molecule has 0 bridgehead atoms. The Labute approximate surface area is 105 Å². The van der Waals surface area contributed by atoms with Gasteiger partial charge in [-0.2, -0.15) is 0 Å². The Morgan fingerprint density at radius 3 is 2.83 bits per heavy atom. The molecule has 1 aromatic rings. The topological polar surface area (TPSA) is 81.5 Å². The maximum absolute atomic E-state index is 11.6. The second-order valence-electron chi connectivity index (χ2n) is 3.83. The minimum atomic E-state index is -0.971.